The molecule has 28 heavy (non-hydrogen) atoms. The van der Waals surface area contributed by atoms with E-state index >= 15 is 0 Å². The van der Waals surface area contributed by atoms with Crippen LogP contribution in [-0.2, 0) is 4.74 Å². The molecule has 1 aromatic carbocycles. The third-order valence-electron chi connectivity index (χ3n) is 4.65. The lowest BCUT2D eigenvalue weighted by atomic mass is 10.1. The summed E-state index contributed by atoms with van der Waals surface area (Å²) in [7, 11) is 0. The van der Waals surface area contributed by atoms with Crippen molar-refractivity contribution in [3.8, 4) is 0 Å². The fourth-order valence-electron chi connectivity index (χ4n) is 3.37. The minimum atomic E-state index is -0.537. The largest absolute Gasteiger partial charge is 0.444 e. The molecular formula is C21H26ClN3O3. The Morgan fingerprint density at radius 3 is 2.79 bits per heavy atom. The summed E-state index contributed by atoms with van der Waals surface area (Å²) in [5.41, 5.74) is 1.47. The topological polar surface area (TPSA) is 71.5 Å². The van der Waals surface area contributed by atoms with Gasteiger partial charge in [-0.3, -0.25) is 9.78 Å². The minimum absolute atomic E-state index is 0.0610. The molecule has 1 N–H and O–H groups in total. The smallest absolute Gasteiger partial charge is 0.410 e. The summed E-state index contributed by atoms with van der Waals surface area (Å²) in [6.45, 7) is 8.44. The molecule has 1 aliphatic rings. The van der Waals surface area contributed by atoms with Crippen LogP contribution >= 0.6 is 11.6 Å². The van der Waals surface area contributed by atoms with Gasteiger partial charge in [-0.05, 0) is 58.7 Å². The molecule has 1 aromatic heterocycles. The molecule has 0 saturated carbocycles. The van der Waals surface area contributed by atoms with Crippen molar-refractivity contribution in [1.82, 2.24) is 15.2 Å². The molecule has 150 valence electrons. The maximum absolute atomic E-state index is 12.6. The number of aromatic nitrogens is 1. The van der Waals surface area contributed by atoms with E-state index in [1.165, 1.54) is 0 Å². The van der Waals surface area contributed by atoms with E-state index in [4.69, 9.17) is 16.3 Å². The number of hydrogen-bond acceptors (Lipinski definition) is 4. The number of fused-ring (bicyclic) bond motifs is 1. The van der Waals surface area contributed by atoms with Crippen molar-refractivity contribution in [3.63, 3.8) is 0 Å². The molecule has 0 aliphatic carbocycles. The first-order valence-electron chi connectivity index (χ1n) is 9.49. The van der Waals surface area contributed by atoms with Crippen LogP contribution in [0.3, 0.4) is 0 Å². The molecule has 3 rings (SSSR count). The average molecular weight is 404 g/mol. The van der Waals surface area contributed by atoms with E-state index in [-0.39, 0.29) is 18.0 Å². The summed E-state index contributed by atoms with van der Waals surface area (Å²) in [5.74, 6) is -0.197. The van der Waals surface area contributed by atoms with E-state index in [9.17, 15) is 9.59 Å². The Labute approximate surface area is 170 Å². The van der Waals surface area contributed by atoms with Crippen molar-refractivity contribution >= 4 is 34.5 Å². The molecule has 2 amide bonds. The van der Waals surface area contributed by atoms with E-state index in [2.05, 4.69) is 10.3 Å². The number of hydrogen-bond donors (Lipinski definition) is 1. The van der Waals surface area contributed by atoms with Crippen molar-refractivity contribution in [2.75, 3.05) is 13.1 Å². The molecule has 1 saturated heterocycles. The fourth-order valence-corrected chi connectivity index (χ4v) is 3.69. The minimum Gasteiger partial charge on any atom is -0.444 e. The first kappa shape index (κ1) is 20.4. The first-order chi connectivity index (χ1) is 13.1. The van der Waals surface area contributed by atoms with Crippen molar-refractivity contribution in [2.45, 2.75) is 52.2 Å². The maximum atomic E-state index is 12.6. The molecule has 1 atom stereocenters. The predicted octanol–water partition coefficient (Wildman–Crippen LogP) is 4.33. The SMILES string of the molecule is Cc1cc(Cl)c2ccc(C(=O)NCC3CCCN3C(=O)OC(C)(C)C)cc2n1. The summed E-state index contributed by atoms with van der Waals surface area (Å²) in [4.78, 5) is 31.1. The Morgan fingerprint density at radius 1 is 1.32 bits per heavy atom. The van der Waals surface area contributed by atoms with Crippen LogP contribution in [-0.4, -0.2) is 46.6 Å². The van der Waals surface area contributed by atoms with Gasteiger partial charge in [-0.1, -0.05) is 17.7 Å². The second-order valence-corrected chi connectivity index (χ2v) is 8.56. The highest BCUT2D eigenvalue weighted by molar-refractivity contribution is 6.35. The number of likely N-dealkylation sites (tertiary alicyclic amines) is 1. The van der Waals surface area contributed by atoms with Crippen LogP contribution in [0.15, 0.2) is 24.3 Å². The summed E-state index contributed by atoms with van der Waals surface area (Å²) >= 11 is 6.24. The Balaban J connectivity index is 1.66. The summed E-state index contributed by atoms with van der Waals surface area (Å²) in [6, 6.07) is 7.02. The fraction of sp³-hybridized carbons (Fsp3) is 0.476. The Hall–Kier alpha value is -2.34. The van der Waals surface area contributed by atoms with Crippen molar-refractivity contribution in [2.24, 2.45) is 0 Å². The molecule has 7 heteroatoms. The van der Waals surface area contributed by atoms with Gasteiger partial charge in [0.05, 0.1) is 16.6 Å². The summed E-state index contributed by atoms with van der Waals surface area (Å²) in [5, 5.41) is 4.37. The molecule has 1 fully saturated rings. The number of aryl methyl sites for hydroxylation is 1. The van der Waals surface area contributed by atoms with Crippen LogP contribution in [0, 0.1) is 6.92 Å². The van der Waals surface area contributed by atoms with Crippen molar-refractivity contribution in [1.29, 1.82) is 0 Å². The number of carbonyl (C=O) groups is 2. The van der Waals surface area contributed by atoms with E-state index in [1.54, 1.807) is 23.1 Å². The van der Waals surface area contributed by atoms with Gasteiger partial charge >= 0.3 is 6.09 Å². The normalized spacial score (nSPS) is 17.0. The number of rotatable bonds is 3. The van der Waals surface area contributed by atoms with E-state index in [0.29, 0.717) is 29.2 Å². The van der Waals surface area contributed by atoms with Crippen LogP contribution in [0.2, 0.25) is 5.02 Å². The molecule has 0 radical (unpaired) electrons. The standard InChI is InChI=1S/C21H26ClN3O3/c1-13-10-17(22)16-8-7-14(11-18(16)24-13)19(26)23-12-15-6-5-9-25(15)20(27)28-21(2,3)4/h7-8,10-11,15H,5-6,9,12H2,1-4H3,(H,23,26). The number of halogens is 1. The van der Waals surface area contributed by atoms with Gasteiger partial charge in [-0.2, -0.15) is 0 Å². The van der Waals surface area contributed by atoms with Crippen molar-refractivity contribution in [3.05, 3.63) is 40.5 Å². The summed E-state index contributed by atoms with van der Waals surface area (Å²) in [6.07, 6.45) is 1.41. The van der Waals surface area contributed by atoms with Crippen LogP contribution in [0.1, 0.15) is 49.7 Å². The Kier molecular flexibility index (Phi) is 5.79. The van der Waals surface area contributed by atoms with Gasteiger partial charge in [0.1, 0.15) is 5.60 Å². The van der Waals surface area contributed by atoms with E-state index < -0.39 is 5.60 Å². The lowest BCUT2D eigenvalue weighted by Gasteiger charge is -2.28. The Bertz CT molecular complexity index is 908. The highest BCUT2D eigenvalue weighted by atomic mass is 35.5. The van der Waals surface area contributed by atoms with Gasteiger partial charge in [0.25, 0.3) is 5.91 Å². The summed E-state index contributed by atoms with van der Waals surface area (Å²) < 4.78 is 5.47. The number of amides is 2. The zero-order valence-corrected chi connectivity index (χ0v) is 17.5. The number of ether oxygens (including phenoxy) is 1. The van der Waals surface area contributed by atoms with E-state index in [1.807, 2.05) is 33.8 Å². The lowest BCUT2D eigenvalue weighted by molar-refractivity contribution is 0.0225. The van der Waals surface area contributed by atoms with Crippen LogP contribution in [0.25, 0.3) is 10.9 Å². The second-order valence-electron chi connectivity index (χ2n) is 8.16. The third kappa shape index (κ3) is 4.73. The highest BCUT2D eigenvalue weighted by Gasteiger charge is 2.32. The van der Waals surface area contributed by atoms with Gasteiger partial charge in [0.2, 0.25) is 0 Å². The molecule has 0 spiro atoms. The molecule has 1 aliphatic heterocycles. The van der Waals surface area contributed by atoms with Crippen LogP contribution < -0.4 is 5.32 Å². The molecule has 1 unspecified atom stereocenters. The average Bonchev–Trinajstić information content (AvgIpc) is 3.06. The zero-order chi connectivity index (χ0) is 20.5. The predicted molar refractivity (Wildman–Crippen MR) is 110 cm³/mol. The van der Waals surface area contributed by atoms with Gasteiger partial charge in [0, 0.05) is 29.7 Å². The molecular weight excluding hydrogens is 378 g/mol. The first-order valence-corrected chi connectivity index (χ1v) is 9.86. The Morgan fingerprint density at radius 2 is 2.07 bits per heavy atom. The maximum Gasteiger partial charge on any atom is 0.410 e. The van der Waals surface area contributed by atoms with Crippen molar-refractivity contribution < 1.29 is 14.3 Å². The number of benzene rings is 1. The monoisotopic (exact) mass is 403 g/mol. The van der Waals surface area contributed by atoms with Gasteiger partial charge in [0.15, 0.2) is 0 Å². The number of nitrogens with zero attached hydrogens (tertiary/aromatic N) is 2. The zero-order valence-electron chi connectivity index (χ0n) is 16.7. The van der Waals surface area contributed by atoms with Gasteiger partial charge < -0.3 is 15.0 Å². The quantitative estimate of drug-likeness (QED) is 0.828. The number of nitrogens with one attached hydrogen (secondary N) is 1. The van der Waals surface area contributed by atoms with Gasteiger partial charge in [-0.15, -0.1) is 0 Å². The van der Waals surface area contributed by atoms with Gasteiger partial charge in [-0.25, -0.2) is 4.79 Å². The molecule has 0 bridgehead atoms. The highest BCUT2D eigenvalue weighted by Crippen LogP contribution is 2.24. The van der Waals surface area contributed by atoms with Crippen LogP contribution in [0.5, 0.6) is 0 Å². The van der Waals surface area contributed by atoms with Crippen LogP contribution in [0.4, 0.5) is 4.79 Å². The lowest BCUT2D eigenvalue weighted by Crippen LogP contribution is -2.45. The third-order valence-corrected chi connectivity index (χ3v) is 4.97. The number of carbonyl (C=O) groups excluding carboxylic acids is 2. The number of pyridine rings is 1. The molecule has 2 heterocycles. The second kappa shape index (κ2) is 7.95. The molecule has 6 nitrogen and oxygen atoms in total. The molecule has 2 aromatic rings. The van der Waals surface area contributed by atoms with E-state index in [0.717, 1.165) is 23.9 Å².